The van der Waals surface area contributed by atoms with Gasteiger partial charge in [-0.25, -0.2) is 0 Å². The van der Waals surface area contributed by atoms with E-state index in [9.17, 15) is 4.79 Å². The van der Waals surface area contributed by atoms with Gasteiger partial charge in [-0.05, 0) is 20.3 Å². The summed E-state index contributed by atoms with van der Waals surface area (Å²) in [6.07, 6.45) is 7.07. The van der Waals surface area contributed by atoms with Crippen molar-refractivity contribution in [3.05, 3.63) is 24.8 Å². The van der Waals surface area contributed by atoms with Crippen LogP contribution in [0.1, 0.15) is 33.6 Å². The number of rotatable bonds is 5. The molecule has 0 heterocycles. The third-order valence-corrected chi connectivity index (χ3v) is 2.19. The van der Waals surface area contributed by atoms with Crippen molar-refractivity contribution in [1.29, 1.82) is 0 Å². The van der Waals surface area contributed by atoms with Crippen LogP contribution >= 0.6 is 0 Å². The molecule has 1 atom stereocenters. The third kappa shape index (κ3) is 2.65. The summed E-state index contributed by atoms with van der Waals surface area (Å²) in [5, 5.41) is 0. The first-order valence-electron chi connectivity index (χ1n) is 4.38. The van der Waals surface area contributed by atoms with Crippen molar-refractivity contribution in [2.24, 2.45) is 5.41 Å². The maximum absolute atomic E-state index is 11.5. The van der Waals surface area contributed by atoms with E-state index in [-0.39, 0.29) is 11.2 Å². The fraction of sp³-hybridized carbons (Fsp3) is 0.545. The quantitative estimate of drug-likeness (QED) is 0.573. The summed E-state index contributed by atoms with van der Waals surface area (Å²) in [6, 6.07) is 0. The molecule has 0 saturated heterocycles. The monoisotopic (exact) mass is 166 g/mol. The molecule has 0 N–H and O–H groups in total. The van der Waals surface area contributed by atoms with E-state index in [1.54, 1.807) is 6.08 Å². The van der Waals surface area contributed by atoms with Gasteiger partial charge in [-0.2, -0.15) is 0 Å². The Morgan fingerprint density at radius 2 is 2.17 bits per heavy atom. The number of carbonyl (C=O) groups is 1. The lowest BCUT2D eigenvalue weighted by Gasteiger charge is -2.21. The molecule has 0 aliphatic rings. The zero-order chi connectivity index (χ0) is 9.61. The Hall–Kier alpha value is -0.850. The second-order valence-corrected chi connectivity index (χ2v) is 3.17. The van der Waals surface area contributed by atoms with Crippen LogP contribution < -0.4 is 0 Å². The molecule has 0 spiro atoms. The SMILES string of the molecule is C=CC(C)(C/C=C/C)C(=O)CC. The van der Waals surface area contributed by atoms with Gasteiger partial charge in [-0.3, -0.25) is 4.79 Å². The molecule has 0 aromatic heterocycles. The van der Waals surface area contributed by atoms with Crippen molar-refractivity contribution in [1.82, 2.24) is 0 Å². The summed E-state index contributed by atoms with van der Waals surface area (Å²) in [5.74, 6) is 0.260. The van der Waals surface area contributed by atoms with Crippen LogP contribution in [0.4, 0.5) is 0 Å². The first-order valence-corrected chi connectivity index (χ1v) is 4.38. The first-order chi connectivity index (χ1) is 5.60. The van der Waals surface area contributed by atoms with Gasteiger partial charge in [0.2, 0.25) is 0 Å². The van der Waals surface area contributed by atoms with Gasteiger partial charge >= 0.3 is 0 Å². The molecular weight excluding hydrogens is 148 g/mol. The van der Waals surface area contributed by atoms with Crippen molar-refractivity contribution in [3.63, 3.8) is 0 Å². The fourth-order valence-electron chi connectivity index (χ4n) is 1.08. The normalized spacial score (nSPS) is 15.9. The highest BCUT2D eigenvalue weighted by Gasteiger charge is 2.25. The van der Waals surface area contributed by atoms with Crippen molar-refractivity contribution in [2.45, 2.75) is 33.6 Å². The molecule has 1 heteroatoms. The summed E-state index contributed by atoms with van der Waals surface area (Å²) in [6.45, 7) is 9.48. The number of hydrogen-bond acceptors (Lipinski definition) is 1. The summed E-state index contributed by atoms with van der Waals surface area (Å²) in [7, 11) is 0. The molecule has 0 saturated carbocycles. The Balaban J connectivity index is 4.43. The van der Waals surface area contributed by atoms with Crippen LogP contribution in [0.15, 0.2) is 24.8 Å². The molecule has 0 aromatic rings. The maximum Gasteiger partial charge on any atom is 0.142 e. The number of Topliss-reactive ketones (excluding diaryl/α,β-unsaturated/α-hetero) is 1. The lowest BCUT2D eigenvalue weighted by molar-refractivity contribution is -0.125. The van der Waals surface area contributed by atoms with Crippen molar-refractivity contribution in [3.8, 4) is 0 Å². The largest absolute Gasteiger partial charge is 0.299 e. The molecule has 0 fully saturated rings. The zero-order valence-electron chi connectivity index (χ0n) is 8.26. The summed E-state index contributed by atoms with van der Waals surface area (Å²) in [5.41, 5.74) is -0.360. The smallest absolute Gasteiger partial charge is 0.142 e. The Labute approximate surface area is 75.2 Å². The number of allylic oxidation sites excluding steroid dienone is 3. The van der Waals surface area contributed by atoms with E-state index in [4.69, 9.17) is 0 Å². The van der Waals surface area contributed by atoms with E-state index < -0.39 is 0 Å². The number of carbonyl (C=O) groups excluding carboxylic acids is 1. The molecule has 68 valence electrons. The van der Waals surface area contributed by atoms with Crippen LogP contribution in [0.2, 0.25) is 0 Å². The standard InChI is InChI=1S/C11H18O/c1-5-8-9-11(4,7-3)10(12)6-2/h5,7-8H,3,6,9H2,1-2,4H3/b8-5+. The zero-order valence-corrected chi connectivity index (χ0v) is 8.26. The van der Waals surface area contributed by atoms with Crippen molar-refractivity contribution in [2.75, 3.05) is 0 Å². The molecule has 0 amide bonds. The topological polar surface area (TPSA) is 17.1 Å². The van der Waals surface area contributed by atoms with Gasteiger partial charge in [0.25, 0.3) is 0 Å². The highest BCUT2D eigenvalue weighted by Crippen LogP contribution is 2.25. The molecular formula is C11H18O. The Morgan fingerprint density at radius 1 is 1.58 bits per heavy atom. The number of hydrogen-bond donors (Lipinski definition) is 0. The van der Waals surface area contributed by atoms with E-state index in [2.05, 4.69) is 6.58 Å². The molecule has 0 rings (SSSR count). The molecule has 0 aromatic carbocycles. The van der Waals surface area contributed by atoms with Gasteiger partial charge in [0.1, 0.15) is 5.78 Å². The summed E-state index contributed by atoms with van der Waals surface area (Å²) >= 11 is 0. The van der Waals surface area contributed by atoms with E-state index in [1.807, 2.05) is 32.9 Å². The van der Waals surface area contributed by atoms with Gasteiger partial charge in [0.05, 0.1) is 0 Å². The molecule has 0 aliphatic heterocycles. The van der Waals surface area contributed by atoms with E-state index in [1.165, 1.54) is 0 Å². The fourth-order valence-corrected chi connectivity index (χ4v) is 1.08. The molecule has 1 nitrogen and oxygen atoms in total. The number of ketones is 1. The van der Waals surface area contributed by atoms with Gasteiger partial charge < -0.3 is 0 Å². The minimum atomic E-state index is -0.360. The Kier molecular flexibility index (Phi) is 4.57. The van der Waals surface area contributed by atoms with Crippen LogP contribution in [-0.4, -0.2) is 5.78 Å². The van der Waals surface area contributed by atoms with Crippen LogP contribution in [0, 0.1) is 5.41 Å². The van der Waals surface area contributed by atoms with Gasteiger partial charge in [0, 0.05) is 11.8 Å². The molecule has 0 bridgehead atoms. The van der Waals surface area contributed by atoms with Gasteiger partial charge in [-0.1, -0.05) is 25.2 Å². The molecule has 0 radical (unpaired) electrons. The lowest BCUT2D eigenvalue weighted by atomic mass is 9.81. The second kappa shape index (κ2) is 4.91. The maximum atomic E-state index is 11.5. The van der Waals surface area contributed by atoms with Gasteiger partial charge in [-0.15, -0.1) is 6.58 Å². The average molecular weight is 166 g/mol. The molecule has 1 unspecified atom stereocenters. The van der Waals surface area contributed by atoms with Crippen LogP contribution in [-0.2, 0) is 4.79 Å². The average Bonchev–Trinajstić information content (AvgIpc) is 2.12. The Bertz CT molecular complexity index is 191. The van der Waals surface area contributed by atoms with Crippen LogP contribution in [0.5, 0.6) is 0 Å². The van der Waals surface area contributed by atoms with Crippen LogP contribution in [0.3, 0.4) is 0 Å². The molecule has 0 aliphatic carbocycles. The predicted octanol–water partition coefficient (Wildman–Crippen LogP) is 3.12. The van der Waals surface area contributed by atoms with Gasteiger partial charge in [0.15, 0.2) is 0 Å². The van der Waals surface area contributed by atoms with E-state index in [0.29, 0.717) is 6.42 Å². The Morgan fingerprint density at radius 3 is 2.50 bits per heavy atom. The van der Waals surface area contributed by atoms with Crippen molar-refractivity contribution >= 4 is 5.78 Å². The second-order valence-electron chi connectivity index (χ2n) is 3.17. The van der Waals surface area contributed by atoms with Crippen molar-refractivity contribution < 1.29 is 4.79 Å². The highest BCUT2D eigenvalue weighted by molar-refractivity contribution is 5.86. The highest BCUT2D eigenvalue weighted by atomic mass is 16.1. The van der Waals surface area contributed by atoms with E-state index >= 15 is 0 Å². The third-order valence-electron chi connectivity index (χ3n) is 2.19. The molecule has 12 heavy (non-hydrogen) atoms. The van der Waals surface area contributed by atoms with Crippen LogP contribution in [0.25, 0.3) is 0 Å². The summed E-state index contributed by atoms with van der Waals surface area (Å²) in [4.78, 5) is 11.5. The van der Waals surface area contributed by atoms with E-state index in [0.717, 1.165) is 6.42 Å². The summed E-state index contributed by atoms with van der Waals surface area (Å²) < 4.78 is 0. The lowest BCUT2D eigenvalue weighted by Crippen LogP contribution is -2.23. The first kappa shape index (κ1) is 11.2. The predicted molar refractivity (Wildman–Crippen MR) is 53.0 cm³/mol. The minimum absolute atomic E-state index is 0.260. The minimum Gasteiger partial charge on any atom is -0.299 e.